The zero-order chi connectivity index (χ0) is 12.3. The van der Waals surface area contributed by atoms with Crippen LogP contribution in [0.1, 0.15) is 12.8 Å². The molecule has 1 saturated heterocycles. The van der Waals surface area contributed by atoms with Gasteiger partial charge in [-0.2, -0.15) is 0 Å². The van der Waals surface area contributed by atoms with Crippen molar-refractivity contribution in [1.29, 1.82) is 0 Å². The molecule has 6 heteroatoms. The Morgan fingerprint density at radius 3 is 2.94 bits per heavy atom. The van der Waals surface area contributed by atoms with Crippen molar-refractivity contribution >= 4 is 46.6 Å². The molecule has 1 aromatic carbocycles. The number of halogens is 2. The molecule has 0 radical (unpaired) electrons. The average molecular weight is 291 g/mol. The summed E-state index contributed by atoms with van der Waals surface area (Å²) in [5, 5.41) is 1.13. The van der Waals surface area contributed by atoms with Gasteiger partial charge in [0, 0.05) is 5.02 Å². The largest absolute Gasteiger partial charge is 0.297 e. The van der Waals surface area contributed by atoms with E-state index in [1.165, 1.54) is 0 Å². The van der Waals surface area contributed by atoms with E-state index in [1.807, 2.05) is 0 Å². The number of nitrogens with one attached hydrogen (secondary N) is 2. The second-order valence-electron chi connectivity index (χ2n) is 3.74. The van der Waals surface area contributed by atoms with Crippen LogP contribution in [0.2, 0.25) is 10.0 Å². The van der Waals surface area contributed by atoms with Gasteiger partial charge in [0.25, 0.3) is 5.91 Å². The molecule has 0 spiro atoms. The Labute approximate surface area is 114 Å². The van der Waals surface area contributed by atoms with Gasteiger partial charge in [-0.25, -0.2) is 0 Å². The molecule has 1 aromatic rings. The zero-order valence-corrected chi connectivity index (χ0v) is 11.3. The second-order valence-corrected chi connectivity index (χ2v) is 5.89. The monoisotopic (exact) mass is 290 g/mol. The molecule has 1 aliphatic rings. The van der Waals surface area contributed by atoms with Crippen LogP contribution in [-0.2, 0) is 4.79 Å². The number of amides is 1. The van der Waals surface area contributed by atoms with Crippen LogP contribution in [0.5, 0.6) is 0 Å². The fraction of sp³-hybridized carbons (Fsp3) is 0.364. The van der Waals surface area contributed by atoms with Crippen molar-refractivity contribution in [3.63, 3.8) is 0 Å². The lowest BCUT2D eigenvalue weighted by atomic mass is 10.2. The molecule has 2 N–H and O–H groups in total. The highest BCUT2D eigenvalue weighted by atomic mass is 35.5. The number of rotatable bonds is 3. The van der Waals surface area contributed by atoms with Gasteiger partial charge in [-0.1, -0.05) is 23.2 Å². The highest BCUT2D eigenvalue weighted by Crippen LogP contribution is 2.27. The third-order valence-electron chi connectivity index (χ3n) is 2.47. The third kappa shape index (κ3) is 3.44. The molecule has 1 heterocycles. The summed E-state index contributed by atoms with van der Waals surface area (Å²) in [4.78, 5) is 11.7. The summed E-state index contributed by atoms with van der Waals surface area (Å²) in [6.07, 6.45) is 2.03. The molecule has 1 amide bonds. The van der Waals surface area contributed by atoms with Crippen molar-refractivity contribution < 1.29 is 4.79 Å². The van der Waals surface area contributed by atoms with E-state index < -0.39 is 0 Å². The lowest BCUT2D eigenvalue weighted by Gasteiger charge is -2.13. The fourth-order valence-corrected chi connectivity index (χ4v) is 3.09. The van der Waals surface area contributed by atoms with Crippen LogP contribution in [-0.4, -0.2) is 16.9 Å². The second kappa shape index (κ2) is 5.85. The molecule has 1 atom stereocenters. The fourth-order valence-electron chi connectivity index (χ4n) is 1.59. The van der Waals surface area contributed by atoms with Gasteiger partial charge in [0.2, 0.25) is 0 Å². The highest BCUT2D eigenvalue weighted by molar-refractivity contribution is 8.00. The first-order valence-corrected chi connectivity index (χ1v) is 7.10. The zero-order valence-electron chi connectivity index (χ0n) is 9.00. The maximum atomic E-state index is 11.7. The minimum absolute atomic E-state index is 0.0106. The Kier molecular flexibility index (Phi) is 4.42. The van der Waals surface area contributed by atoms with Gasteiger partial charge in [-0.3, -0.25) is 15.6 Å². The van der Waals surface area contributed by atoms with Crippen molar-refractivity contribution in [3.8, 4) is 0 Å². The number of thioether (sulfide) groups is 1. The molecule has 92 valence electrons. The van der Waals surface area contributed by atoms with Crippen LogP contribution in [0.4, 0.5) is 5.69 Å². The molecule has 0 bridgehead atoms. The minimum Gasteiger partial charge on any atom is -0.297 e. The molecular weight excluding hydrogens is 279 g/mol. The maximum Gasteiger partial charge on any atom is 0.251 e. The topological polar surface area (TPSA) is 41.1 Å². The van der Waals surface area contributed by atoms with Crippen LogP contribution < -0.4 is 10.9 Å². The summed E-state index contributed by atoms with van der Waals surface area (Å²) < 4.78 is 0. The van der Waals surface area contributed by atoms with E-state index in [1.54, 1.807) is 30.0 Å². The smallest absolute Gasteiger partial charge is 0.251 e. The molecule has 1 aliphatic heterocycles. The Bertz CT molecular complexity index is 422. The lowest BCUT2D eigenvalue weighted by Crippen LogP contribution is -2.35. The Morgan fingerprint density at radius 2 is 2.24 bits per heavy atom. The van der Waals surface area contributed by atoms with Gasteiger partial charge in [0.15, 0.2) is 0 Å². The summed E-state index contributed by atoms with van der Waals surface area (Å²) in [5.41, 5.74) is 6.06. The first-order valence-electron chi connectivity index (χ1n) is 5.29. The third-order valence-corrected chi connectivity index (χ3v) is 4.41. The van der Waals surface area contributed by atoms with Crippen LogP contribution in [0.15, 0.2) is 18.2 Å². The van der Waals surface area contributed by atoms with Crippen molar-refractivity contribution in [3.05, 3.63) is 28.2 Å². The van der Waals surface area contributed by atoms with Crippen molar-refractivity contribution in [2.75, 3.05) is 11.2 Å². The van der Waals surface area contributed by atoms with E-state index in [4.69, 9.17) is 23.2 Å². The van der Waals surface area contributed by atoms with Gasteiger partial charge in [0.1, 0.15) is 0 Å². The van der Waals surface area contributed by atoms with Gasteiger partial charge in [-0.15, -0.1) is 11.8 Å². The molecule has 0 aliphatic carbocycles. The molecule has 1 fully saturated rings. The molecule has 0 unspecified atom stereocenters. The first kappa shape index (κ1) is 12.9. The lowest BCUT2D eigenvalue weighted by molar-refractivity contribution is -0.120. The number of anilines is 1. The van der Waals surface area contributed by atoms with E-state index >= 15 is 0 Å². The van der Waals surface area contributed by atoms with E-state index in [0.717, 1.165) is 18.6 Å². The SMILES string of the molecule is O=C(NNc1cc(Cl)ccc1Cl)[C@@H]1CCCS1. The maximum absolute atomic E-state index is 11.7. The van der Waals surface area contributed by atoms with Gasteiger partial charge < -0.3 is 0 Å². The highest BCUT2D eigenvalue weighted by Gasteiger charge is 2.23. The molecule has 2 rings (SSSR count). The average Bonchev–Trinajstić information content (AvgIpc) is 2.83. The van der Waals surface area contributed by atoms with Crippen molar-refractivity contribution in [2.24, 2.45) is 0 Å². The summed E-state index contributed by atoms with van der Waals surface area (Å²) in [6, 6.07) is 5.05. The number of hydrazine groups is 1. The first-order chi connectivity index (χ1) is 8.16. The van der Waals surface area contributed by atoms with Crippen LogP contribution in [0, 0.1) is 0 Å². The van der Waals surface area contributed by atoms with Crippen molar-refractivity contribution in [2.45, 2.75) is 18.1 Å². The summed E-state index contributed by atoms with van der Waals surface area (Å²) in [5.74, 6) is 1.04. The normalized spacial score (nSPS) is 19.1. The van der Waals surface area contributed by atoms with E-state index in [9.17, 15) is 4.79 Å². The quantitative estimate of drug-likeness (QED) is 0.839. The molecular formula is C11H12Cl2N2OS. The van der Waals surface area contributed by atoms with E-state index in [-0.39, 0.29) is 11.2 Å². The Morgan fingerprint density at radius 1 is 1.41 bits per heavy atom. The molecule has 17 heavy (non-hydrogen) atoms. The summed E-state index contributed by atoms with van der Waals surface area (Å²) in [6.45, 7) is 0. The van der Waals surface area contributed by atoms with Crippen LogP contribution in [0.3, 0.4) is 0 Å². The molecule has 3 nitrogen and oxygen atoms in total. The minimum atomic E-state index is -0.0106. The molecule has 0 saturated carbocycles. The Hall–Kier alpha value is -0.580. The number of benzene rings is 1. The standard InChI is InChI=1S/C11H12Cl2N2OS/c12-7-3-4-8(13)9(6-7)14-15-11(16)10-2-1-5-17-10/h3-4,6,10,14H,1-2,5H2,(H,15,16)/t10-/m0/s1. The van der Waals surface area contributed by atoms with E-state index in [2.05, 4.69) is 10.9 Å². The number of carbonyl (C=O) groups is 1. The van der Waals surface area contributed by atoms with Gasteiger partial charge in [-0.05, 0) is 36.8 Å². The predicted molar refractivity (Wildman–Crippen MR) is 73.7 cm³/mol. The van der Waals surface area contributed by atoms with Gasteiger partial charge in [0.05, 0.1) is 16.0 Å². The summed E-state index contributed by atoms with van der Waals surface area (Å²) in [7, 11) is 0. The number of carbonyl (C=O) groups excluding carboxylic acids is 1. The van der Waals surface area contributed by atoms with Crippen LogP contribution >= 0.6 is 35.0 Å². The number of hydrogen-bond acceptors (Lipinski definition) is 3. The predicted octanol–water partition coefficient (Wildman–Crippen LogP) is 3.33. The summed E-state index contributed by atoms with van der Waals surface area (Å²) >= 11 is 13.5. The Balaban J connectivity index is 1.92. The van der Waals surface area contributed by atoms with E-state index in [0.29, 0.717) is 15.7 Å². The number of hydrogen-bond donors (Lipinski definition) is 2. The van der Waals surface area contributed by atoms with Gasteiger partial charge >= 0.3 is 0 Å². The molecule has 0 aromatic heterocycles. The van der Waals surface area contributed by atoms with Crippen molar-refractivity contribution in [1.82, 2.24) is 5.43 Å². The van der Waals surface area contributed by atoms with Crippen LogP contribution in [0.25, 0.3) is 0 Å².